The van der Waals surface area contributed by atoms with Crippen molar-refractivity contribution in [3.63, 3.8) is 0 Å². The number of hydrogen-bond acceptors (Lipinski definition) is 7. The van der Waals surface area contributed by atoms with Crippen molar-refractivity contribution in [3.05, 3.63) is 59.0 Å². The second kappa shape index (κ2) is 7.98. The van der Waals surface area contributed by atoms with Gasteiger partial charge in [0.2, 0.25) is 11.9 Å². The van der Waals surface area contributed by atoms with E-state index in [2.05, 4.69) is 30.1 Å². The predicted molar refractivity (Wildman–Crippen MR) is 113 cm³/mol. The number of benzene rings is 1. The van der Waals surface area contributed by atoms with Gasteiger partial charge in [-0.3, -0.25) is 0 Å². The number of hydrogen-bond donors (Lipinski definition) is 1. The molecule has 0 amide bonds. The highest BCUT2D eigenvalue weighted by Crippen LogP contribution is 2.26. The van der Waals surface area contributed by atoms with Crippen LogP contribution in [-0.4, -0.2) is 46.1 Å². The Bertz CT molecular complexity index is 956. The van der Waals surface area contributed by atoms with E-state index in [1.165, 1.54) is 0 Å². The van der Waals surface area contributed by atoms with Gasteiger partial charge in [-0.25, -0.2) is 15.0 Å². The Balaban J connectivity index is 1.49. The molecule has 1 aliphatic heterocycles. The molecule has 1 saturated heterocycles. The van der Waals surface area contributed by atoms with E-state index in [4.69, 9.17) is 16.6 Å². The van der Waals surface area contributed by atoms with Gasteiger partial charge in [-0.05, 0) is 37.6 Å². The van der Waals surface area contributed by atoms with Gasteiger partial charge in [0, 0.05) is 61.0 Å². The molecule has 2 aromatic heterocycles. The molecule has 1 N–H and O–H groups in total. The van der Waals surface area contributed by atoms with Crippen LogP contribution in [0.2, 0.25) is 5.02 Å². The van der Waals surface area contributed by atoms with E-state index in [9.17, 15) is 0 Å². The van der Waals surface area contributed by atoms with Crippen LogP contribution < -0.4 is 15.1 Å². The third-order valence-electron chi connectivity index (χ3n) is 4.79. The first-order chi connectivity index (χ1) is 13.6. The third kappa shape index (κ3) is 3.99. The summed E-state index contributed by atoms with van der Waals surface area (Å²) in [6.45, 7) is 7.36. The minimum Gasteiger partial charge on any atom is -0.353 e. The minimum absolute atomic E-state index is 0.578. The fraction of sp³-hybridized carbons (Fsp3) is 0.300. The summed E-state index contributed by atoms with van der Waals surface area (Å²) in [7, 11) is 0. The van der Waals surface area contributed by atoms with Crippen LogP contribution in [0.1, 0.15) is 11.3 Å². The van der Waals surface area contributed by atoms with Gasteiger partial charge in [0.25, 0.3) is 0 Å². The summed E-state index contributed by atoms with van der Waals surface area (Å²) in [5.74, 6) is 2.28. The summed E-state index contributed by atoms with van der Waals surface area (Å²) >= 11 is 6.22. The highest BCUT2D eigenvalue weighted by Gasteiger charge is 2.20. The van der Waals surface area contributed by atoms with Crippen molar-refractivity contribution in [1.29, 1.82) is 0 Å². The first kappa shape index (κ1) is 18.4. The summed E-state index contributed by atoms with van der Waals surface area (Å²) in [6, 6.07) is 9.62. The van der Waals surface area contributed by atoms with E-state index < -0.39 is 0 Å². The van der Waals surface area contributed by atoms with Crippen molar-refractivity contribution in [2.24, 2.45) is 0 Å². The molecule has 0 atom stereocenters. The SMILES string of the molecule is Cc1cc(N2CCN(c3ncccn3)CC2)nc(Nc2cccc(Cl)c2C)n1. The van der Waals surface area contributed by atoms with Crippen LogP contribution in [0.3, 0.4) is 0 Å². The molecule has 0 unspecified atom stereocenters. The van der Waals surface area contributed by atoms with Gasteiger partial charge in [0.05, 0.1) is 0 Å². The second-order valence-electron chi connectivity index (χ2n) is 6.75. The number of nitrogens with one attached hydrogen (secondary N) is 1. The van der Waals surface area contributed by atoms with Gasteiger partial charge in [-0.1, -0.05) is 17.7 Å². The lowest BCUT2D eigenvalue weighted by molar-refractivity contribution is 0.634. The highest BCUT2D eigenvalue weighted by atomic mass is 35.5. The van der Waals surface area contributed by atoms with Gasteiger partial charge < -0.3 is 15.1 Å². The standard InChI is InChI=1S/C20H22ClN7/c1-14-13-18(26-19(24-14)25-17-6-3-5-16(21)15(17)2)27-9-11-28(12-10-27)20-22-7-4-8-23-20/h3-8,13H,9-12H2,1-2H3,(H,24,25,26). The molecule has 4 rings (SSSR count). The molecule has 0 radical (unpaired) electrons. The fourth-order valence-corrected chi connectivity index (χ4v) is 3.40. The largest absolute Gasteiger partial charge is 0.353 e. The smallest absolute Gasteiger partial charge is 0.229 e. The molecule has 0 aliphatic carbocycles. The average molecular weight is 396 g/mol. The van der Waals surface area contributed by atoms with Crippen LogP contribution in [-0.2, 0) is 0 Å². The summed E-state index contributed by atoms with van der Waals surface area (Å²) in [5.41, 5.74) is 2.81. The van der Waals surface area contributed by atoms with E-state index in [0.717, 1.165) is 59.9 Å². The Morgan fingerprint density at radius 1 is 0.929 bits per heavy atom. The van der Waals surface area contributed by atoms with Gasteiger partial charge >= 0.3 is 0 Å². The number of anilines is 4. The molecule has 0 bridgehead atoms. The van der Waals surface area contributed by atoms with Crippen molar-refractivity contribution in [2.45, 2.75) is 13.8 Å². The highest BCUT2D eigenvalue weighted by molar-refractivity contribution is 6.31. The van der Waals surface area contributed by atoms with E-state index >= 15 is 0 Å². The lowest BCUT2D eigenvalue weighted by Crippen LogP contribution is -2.47. The number of rotatable bonds is 4. The maximum atomic E-state index is 6.22. The molecule has 1 aliphatic rings. The lowest BCUT2D eigenvalue weighted by atomic mass is 10.2. The quantitative estimate of drug-likeness (QED) is 0.723. The lowest BCUT2D eigenvalue weighted by Gasteiger charge is -2.35. The molecular weight excluding hydrogens is 374 g/mol. The monoisotopic (exact) mass is 395 g/mol. The Hall–Kier alpha value is -2.93. The predicted octanol–water partition coefficient (Wildman–Crippen LogP) is 3.61. The van der Waals surface area contributed by atoms with Crippen LogP contribution in [0.5, 0.6) is 0 Å². The van der Waals surface area contributed by atoms with Crippen molar-refractivity contribution in [3.8, 4) is 0 Å². The van der Waals surface area contributed by atoms with Crippen LogP contribution in [0.15, 0.2) is 42.7 Å². The number of halogens is 1. The molecule has 3 aromatic rings. The Labute approximate surface area is 169 Å². The summed E-state index contributed by atoms with van der Waals surface area (Å²) < 4.78 is 0. The number of nitrogens with zero attached hydrogens (tertiary/aromatic N) is 6. The van der Waals surface area contributed by atoms with Crippen LogP contribution >= 0.6 is 11.6 Å². The van der Waals surface area contributed by atoms with Gasteiger partial charge in [0.15, 0.2) is 0 Å². The maximum Gasteiger partial charge on any atom is 0.229 e. The summed E-state index contributed by atoms with van der Waals surface area (Å²) in [4.78, 5) is 22.4. The molecular formula is C20H22ClN7. The van der Waals surface area contributed by atoms with Gasteiger partial charge in [-0.2, -0.15) is 4.98 Å². The zero-order valence-electron chi connectivity index (χ0n) is 15.9. The first-order valence-electron chi connectivity index (χ1n) is 9.25. The zero-order valence-corrected chi connectivity index (χ0v) is 16.7. The summed E-state index contributed by atoms with van der Waals surface area (Å²) in [5, 5.41) is 4.02. The first-order valence-corrected chi connectivity index (χ1v) is 9.63. The Morgan fingerprint density at radius 2 is 1.64 bits per heavy atom. The van der Waals surface area contributed by atoms with Gasteiger partial charge in [-0.15, -0.1) is 0 Å². The number of aromatic nitrogens is 4. The van der Waals surface area contributed by atoms with Crippen LogP contribution in [0, 0.1) is 13.8 Å². The fourth-order valence-electron chi connectivity index (χ4n) is 3.22. The molecule has 0 spiro atoms. The summed E-state index contributed by atoms with van der Waals surface area (Å²) in [6.07, 6.45) is 3.55. The Kier molecular flexibility index (Phi) is 5.25. The normalized spacial score (nSPS) is 14.2. The van der Waals surface area contributed by atoms with Crippen molar-refractivity contribution in [1.82, 2.24) is 19.9 Å². The van der Waals surface area contributed by atoms with E-state index in [1.54, 1.807) is 12.4 Å². The minimum atomic E-state index is 0.578. The van der Waals surface area contributed by atoms with Crippen molar-refractivity contribution >= 4 is 35.0 Å². The van der Waals surface area contributed by atoms with E-state index in [1.807, 2.05) is 44.2 Å². The van der Waals surface area contributed by atoms with Crippen molar-refractivity contribution in [2.75, 3.05) is 41.3 Å². The molecule has 3 heterocycles. The van der Waals surface area contributed by atoms with Crippen LogP contribution in [0.4, 0.5) is 23.4 Å². The molecule has 144 valence electrons. The molecule has 1 fully saturated rings. The molecule has 0 saturated carbocycles. The van der Waals surface area contributed by atoms with E-state index in [-0.39, 0.29) is 0 Å². The van der Waals surface area contributed by atoms with E-state index in [0.29, 0.717) is 5.95 Å². The topological polar surface area (TPSA) is 70.1 Å². The number of aryl methyl sites for hydroxylation is 1. The second-order valence-corrected chi connectivity index (χ2v) is 7.16. The Morgan fingerprint density at radius 3 is 2.39 bits per heavy atom. The molecule has 1 aromatic carbocycles. The van der Waals surface area contributed by atoms with Gasteiger partial charge in [0.1, 0.15) is 5.82 Å². The van der Waals surface area contributed by atoms with Crippen molar-refractivity contribution < 1.29 is 0 Å². The maximum absolute atomic E-state index is 6.22. The third-order valence-corrected chi connectivity index (χ3v) is 5.20. The average Bonchev–Trinajstić information content (AvgIpc) is 2.72. The molecule has 28 heavy (non-hydrogen) atoms. The number of piperazine rings is 1. The molecule has 8 heteroatoms. The zero-order chi connectivity index (χ0) is 19.5. The van der Waals surface area contributed by atoms with Crippen LogP contribution in [0.25, 0.3) is 0 Å². The molecule has 7 nitrogen and oxygen atoms in total.